The van der Waals surface area contributed by atoms with Crippen LogP contribution < -0.4 is 0 Å². The molecule has 6 nitrogen and oxygen atoms in total. The molecule has 0 spiro atoms. The van der Waals surface area contributed by atoms with E-state index in [0.29, 0.717) is 6.61 Å². The van der Waals surface area contributed by atoms with Crippen molar-refractivity contribution < 1.29 is 28.9 Å². The smallest absolute Gasteiger partial charge is 0.305 e. The van der Waals surface area contributed by atoms with Crippen LogP contribution in [0, 0.1) is 12.7 Å². The van der Waals surface area contributed by atoms with Gasteiger partial charge in [-0.25, -0.2) is 4.39 Å². The van der Waals surface area contributed by atoms with Crippen LogP contribution in [0.1, 0.15) is 75.9 Å². The number of pyridine rings is 1. The number of hydrogen-bond acceptors (Lipinski definition) is 5. The minimum atomic E-state index is -2.09. The summed E-state index contributed by atoms with van der Waals surface area (Å²) in [5.41, 5.74) is 5.01. The summed E-state index contributed by atoms with van der Waals surface area (Å²) >= 11 is 0. The Morgan fingerprint density at radius 3 is 2.27 bits per heavy atom. The zero-order valence-corrected chi connectivity index (χ0v) is 24.3. The molecule has 37 heavy (non-hydrogen) atoms. The second-order valence-corrected chi connectivity index (χ2v) is 16.3. The molecular weight excluding hydrogens is 489 g/mol. The third kappa shape index (κ3) is 8.30. The van der Waals surface area contributed by atoms with Crippen LogP contribution in [0.4, 0.5) is 4.39 Å². The van der Waals surface area contributed by atoms with E-state index in [0.717, 1.165) is 33.6 Å². The van der Waals surface area contributed by atoms with Crippen LogP contribution in [0.15, 0.2) is 30.3 Å². The van der Waals surface area contributed by atoms with Crippen molar-refractivity contribution in [1.82, 2.24) is 4.98 Å². The molecule has 0 saturated carbocycles. The Bertz CT molecular complexity index is 1110. The summed E-state index contributed by atoms with van der Waals surface area (Å²) < 4.78 is 20.4. The Balaban J connectivity index is 2.66. The van der Waals surface area contributed by atoms with Crippen LogP contribution in [0.2, 0.25) is 18.1 Å². The van der Waals surface area contributed by atoms with E-state index in [2.05, 4.69) is 33.9 Å². The number of aromatic nitrogens is 1. The number of aliphatic carboxylic acids is 1. The van der Waals surface area contributed by atoms with Gasteiger partial charge in [-0.2, -0.15) is 0 Å². The summed E-state index contributed by atoms with van der Waals surface area (Å²) in [5, 5.41) is 29.4. The molecule has 2 rings (SSSR count). The van der Waals surface area contributed by atoms with E-state index in [4.69, 9.17) is 14.5 Å². The predicted molar refractivity (Wildman–Crippen MR) is 148 cm³/mol. The number of halogens is 1. The maximum absolute atomic E-state index is 13.8. The lowest BCUT2D eigenvalue weighted by Crippen LogP contribution is -2.40. The van der Waals surface area contributed by atoms with Gasteiger partial charge in [0.1, 0.15) is 5.82 Å². The number of aryl methyl sites for hydroxylation is 1. The maximum Gasteiger partial charge on any atom is 0.305 e. The van der Waals surface area contributed by atoms with Crippen molar-refractivity contribution in [3.05, 3.63) is 58.7 Å². The molecule has 204 valence electrons. The molecule has 1 aromatic carbocycles. The Labute approximate surface area is 221 Å². The van der Waals surface area contributed by atoms with Gasteiger partial charge in [-0.05, 0) is 54.2 Å². The summed E-state index contributed by atoms with van der Waals surface area (Å²) in [6, 6.07) is 6.30. The van der Waals surface area contributed by atoms with Gasteiger partial charge in [-0.1, -0.05) is 58.9 Å². The fourth-order valence-electron chi connectivity index (χ4n) is 3.83. The van der Waals surface area contributed by atoms with Gasteiger partial charge in [0.15, 0.2) is 8.32 Å². The average Bonchev–Trinajstić information content (AvgIpc) is 2.75. The number of carboxylic acids is 1. The molecule has 1 aromatic heterocycles. The molecule has 0 fully saturated rings. The summed E-state index contributed by atoms with van der Waals surface area (Å²) in [7, 11) is -2.09. The van der Waals surface area contributed by atoms with Crippen molar-refractivity contribution in [3.8, 4) is 11.1 Å². The number of aliphatic hydroxyl groups is 2. The van der Waals surface area contributed by atoms with Crippen molar-refractivity contribution in [2.24, 2.45) is 0 Å². The quantitative estimate of drug-likeness (QED) is 0.289. The maximum atomic E-state index is 13.8. The zero-order chi connectivity index (χ0) is 28.1. The SMILES string of the molecule is Cc1nc(C(C)C)c(/C=C/C(O)CC(O)CC(=O)O)c(-c2ccc(F)cc2)c1CO[Si](C)(C)C(C)(C)C. The Morgan fingerprint density at radius 1 is 1.16 bits per heavy atom. The number of hydrogen-bond donors (Lipinski definition) is 3. The zero-order valence-electron chi connectivity index (χ0n) is 23.3. The summed E-state index contributed by atoms with van der Waals surface area (Å²) in [4.78, 5) is 15.8. The first-order valence-corrected chi connectivity index (χ1v) is 15.6. The second kappa shape index (κ2) is 12.4. The van der Waals surface area contributed by atoms with Gasteiger partial charge in [0.25, 0.3) is 0 Å². The highest BCUT2D eigenvalue weighted by Gasteiger charge is 2.37. The van der Waals surface area contributed by atoms with Crippen molar-refractivity contribution in [2.45, 2.75) is 97.2 Å². The molecule has 0 aliphatic rings. The van der Waals surface area contributed by atoms with E-state index in [1.54, 1.807) is 24.3 Å². The Morgan fingerprint density at radius 2 is 1.76 bits per heavy atom. The third-order valence-electron chi connectivity index (χ3n) is 7.04. The molecule has 2 unspecified atom stereocenters. The standard InChI is InChI=1S/C29H42FNO5Si/c1-18(2)28-24(14-13-22(32)15-23(33)16-26(34)35)27(20-9-11-21(30)12-10-20)25(19(3)31-28)17-36-37(7,8)29(4,5)6/h9-14,18,22-23,32-33H,15-17H2,1-8H3,(H,34,35)/b14-13+. The van der Waals surface area contributed by atoms with Crippen molar-refractivity contribution in [2.75, 3.05) is 0 Å². The normalized spacial score (nSPS) is 14.4. The largest absolute Gasteiger partial charge is 0.481 e. The number of benzene rings is 1. The van der Waals surface area contributed by atoms with Crippen LogP contribution in [0.25, 0.3) is 17.2 Å². The molecule has 2 atom stereocenters. The van der Waals surface area contributed by atoms with Crippen LogP contribution in [0.5, 0.6) is 0 Å². The second-order valence-electron chi connectivity index (χ2n) is 11.5. The Hall–Kier alpha value is -2.39. The van der Waals surface area contributed by atoms with Gasteiger partial charge in [0.2, 0.25) is 0 Å². The van der Waals surface area contributed by atoms with Crippen LogP contribution >= 0.6 is 0 Å². The summed E-state index contributed by atoms with van der Waals surface area (Å²) in [6.07, 6.45) is 0.561. The van der Waals surface area contributed by atoms with Crippen LogP contribution in [-0.2, 0) is 15.8 Å². The van der Waals surface area contributed by atoms with Gasteiger partial charge in [0, 0.05) is 23.2 Å². The van der Waals surface area contributed by atoms with E-state index < -0.39 is 32.9 Å². The topological polar surface area (TPSA) is 99.9 Å². The number of rotatable bonds is 11. The van der Waals surface area contributed by atoms with Gasteiger partial charge in [-0.15, -0.1) is 0 Å². The number of aliphatic hydroxyl groups excluding tert-OH is 2. The monoisotopic (exact) mass is 531 g/mol. The minimum Gasteiger partial charge on any atom is -0.481 e. The average molecular weight is 532 g/mol. The van der Waals surface area contributed by atoms with Crippen molar-refractivity contribution in [3.63, 3.8) is 0 Å². The molecular formula is C29H42FNO5Si. The van der Waals surface area contributed by atoms with E-state index in [1.807, 2.05) is 20.8 Å². The molecule has 8 heteroatoms. The first-order valence-electron chi connectivity index (χ1n) is 12.7. The lowest BCUT2D eigenvalue weighted by molar-refractivity contribution is -0.139. The first-order chi connectivity index (χ1) is 17.0. The van der Waals surface area contributed by atoms with Crippen molar-refractivity contribution in [1.29, 1.82) is 0 Å². The molecule has 0 radical (unpaired) electrons. The molecule has 1 heterocycles. The molecule has 3 N–H and O–H groups in total. The van der Waals surface area contributed by atoms with E-state index in [9.17, 15) is 19.4 Å². The lowest BCUT2D eigenvalue weighted by atomic mass is 9.89. The fourth-order valence-corrected chi connectivity index (χ4v) is 4.77. The summed E-state index contributed by atoms with van der Waals surface area (Å²) in [6.45, 7) is 17.3. The number of carboxylic acid groups (broad SMARTS) is 1. The van der Waals surface area contributed by atoms with E-state index in [-0.39, 0.29) is 23.2 Å². The fraction of sp³-hybridized carbons (Fsp3) is 0.517. The third-order valence-corrected chi connectivity index (χ3v) is 11.5. The molecule has 0 saturated heterocycles. The lowest BCUT2D eigenvalue weighted by Gasteiger charge is -2.36. The first kappa shape index (κ1) is 30.8. The molecule has 0 aliphatic heterocycles. The summed E-state index contributed by atoms with van der Waals surface area (Å²) in [5.74, 6) is -1.40. The Kier molecular flexibility index (Phi) is 10.4. The highest BCUT2D eigenvalue weighted by atomic mass is 28.4. The van der Waals surface area contributed by atoms with E-state index >= 15 is 0 Å². The van der Waals surface area contributed by atoms with Gasteiger partial charge in [-0.3, -0.25) is 9.78 Å². The highest BCUT2D eigenvalue weighted by molar-refractivity contribution is 6.74. The minimum absolute atomic E-state index is 0.0197. The number of nitrogens with zero attached hydrogens (tertiary/aromatic N) is 1. The van der Waals surface area contributed by atoms with Crippen molar-refractivity contribution >= 4 is 20.4 Å². The van der Waals surface area contributed by atoms with Crippen LogP contribution in [0.3, 0.4) is 0 Å². The molecule has 0 aliphatic carbocycles. The van der Waals surface area contributed by atoms with Gasteiger partial charge < -0.3 is 19.7 Å². The predicted octanol–water partition coefficient (Wildman–Crippen LogP) is 6.44. The highest BCUT2D eigenvalue weighted by Crippen LogP contribution is 2.40. The molecule has 0 bridgehead atoms. The molecule has 0 amide bonds. The van der Waals surface area contributed by atoms with Crippen LogP contribution in [-0.4, -0.2) is 46.8 Å². The number of carbonyl (C=O) groups is 1. The molecule has 2 aromatic rings. The van der Waals surface area contributed by atoms with E-state index in [1.165, 1.54) is 12.1 Å². The van der Waals surface area contributed by atoms with Gasteiger partial charge in [0.05, 0.1) is 30.9 Å². The van der Waals surface area contributed by atoms with Gasteiger partial charge >= 0.3 is 5.97 Å².